The van der Waals surface area contributed by atoms with Gasteiger partial charge in [0, 0.05) is 12.2 Å². The summed E-state index contributed by atoms with van der Waals surface area (Å²) in [7, 11) is -3.94. The van der Waals surface area contributed by atoms with E-state index in [0.29, 0.717) is 35.7 Å². The Morgan fingerprint density at radius 1 is 0.977 bits per heavy atom. The average molecular weight is 604 g/mol. The van der Waals surface area contributed by atoms with Crippen LogP contribution in [0.25, 0.3) is 0 Å². The molecule has 11 heteroatoms. The average Bonchev–Trinajstić information content (AvgIpc) is 3.01. The molecule has 0 radical (unpaired) electrons. The molecule has 5 rings (SSSR count). The maximum atomic E-state index is 13.3. The number of sulfonamides is 1. The van der Waals surface area contributed by atoms with Gasteiger partial charge in [-0.15, -0.1) is 0 Å². The number of ether oxygens (including phenoxy) is 2. The molecule has 1 aliphatic rings. The lowest BCUT2D eigenvalue weighted by atomic mass is 10.1. The third kappa shape index (κ3) is 7.31. The number of hydrogen-bond acceptors (Lipinski definition) is 6. The zero-order chi connectivity index (χ0) is 30.4. The number of carbonyl (C=O) groups is 2. The number of nitrogens with one attached hydrogen (secondary N) is 2. The molecule has 0 saturated carbocycles. The predicted molar refractivity (Wildman–Crippen MR) is 160 cm³/mol. The number of anilines is 2. The normalized spacial score (nSPS) is 14.3. The molecule has 43 heavy (non-hydrogen) atoms. The van der Waals surface area contributed by atoms with E-state index in [4.69, 9.17) is 9.47 Å². The number of rotatable bonds is 10. The fourth-order valence-electron chi connectivity index (χ4n) is 4.60. The van der Waals surface area contributed by atoms with Gasteiger partial charge in [-0.25, -0.2) is 12.8 Å². The maximum absolute atomic E-state index is 13.3. The van der Waals surface area contributed by atoms with Crippen LogP contribution in [0.4, 0.5) is 15.8 Å². The first-order valence-electron chi connectivity index (χ1n) is 13.6. The summed E-state index contributed by atoms with van der Waals surface area (Å²) in [5.41, 5.74) is 2.33. The Bertz CT molecular complexity index is 1720. The van der Waals surface area contributed by atoms with Crippen molar-refractivity contribution in [2.24, 2.45) is 0 Å². The van der Waals surface area contributed by atoms with Gasteiger partial charge in [0.2, 0.25) is 0 Å². The van der Waals surface area contributed by atoms with Crippen molar-refractivity contribution in [1.82, 2.24) is 5.32 Å². The summed E-state index contributed by atoms with van der Waals surface area (Å²) in [6.45, 7) is 1.74. The molecule has 0 aromatic heterocycles. The Hall–Kier alpha value is -4.90. The van der Waals surface area contributed by atoms with Crippen LogP contribution in [-0.2, 0) is 26.0 Å². The number of aryl methyl sites for hydroxylation is 1. The van der Waals surface area contributed by atoms with Crippen LogP contribution >= 0.6 is 0 Å². The van der Waals surface area contributed by atoms with Crippen molar-refractivity contribution in [3.63, 3.8) is 0 Å². The minimum absolute atomic E-state index is 0.00158. The van der Waals surface area contributed by atoms with Crippen molar-refractivity contribution in [2.75, 3.05) is 29.3 Å². The van der Waals surface area contributed by atoms with E-state index in [1.165, 1.54) is 35.2 Å². The number of amides is 2. The molecule has 1 atom stereocenters. The van der Waals surface area contributed by atoms with Crippen LogP contribution in [0.3, 0.4) is 0 Å². The zero-order valence-electron chi connectivity index (χ0n) is 23.3. The van der Waals surface area contributed by atoms with Crippen LogP contribution < -0.4 is 24.4 Å². The number of carbonyl (C=O) groups excluding carboxylic acids is 2. The monoisotopic (exact) mass is 603 g/mol. The minimum Gasteiger partial charge on any atom is -0.483 e. The standard InChI is InChI=1S/C32H30FN3O6S/c1-22-19-26(43(39,40)35-25-13-11-24(33)12-14-25)15-16-28(22)41-21-31(37)36-20-30(42-29-10-6-5-9-27(29)36)32(38)34-18-17-23-7-3-2-4-8-23/h2-16,19,30,35H,17-18,20-21H2,1H3,(H,34,38)/t30-/m0/s1. The lowest BCUT2D eigenvalue weighted by molar-refractivity contribution is -0.128. The van der Waals surface area contributed by atoms with Crippen LogP contribution in [0.15, 0.2) is 102 Å². The summed E-state index contributed by atoms with van der Waals surface area (Å²) in [6, 6.07) is 26.0. The molecule has 2 amide bonds. The third-order valence-corrected chi connectivity index (χ3v) is 8.21. The Kier molecular flexibility index (Phi) is 8.91. The van der Waals surface area contributed by atoms with E-state index in [1.54, 1.807) is 31.2 Å². The molecule has 0 unspecified atom stereocenters. The molecule has 9 nitrogen and oxygen atoms in total. The molecule has 4 aromatic rings. The first-order valence-corrected chi connectivity index (χ1v) is 15.1. The van der Waals surface area contributed by atoms with Gasteiger partial charge in [-0.05, 0) is 79.1 Å². The van der Waals surface area contributed by atoms with Gasteiger partial charge in [0.25, 0.3) is 21.8 Å². The number of halogens is 1. The van der Waals surface area contributed by atoms with Crippen molar-refractivity contribution in [1.29, 1.82) is 0 Å². The number of para-hydroxylation sites is 2. The van der Waals surface area contributed by atoms with Gasteiger partial charge < -0.3 is 19.7 Å². The van der Waals surface area contributed by atoms with Crippen LogP contribution in [-0.4, -0.2) is 46.0 Å². The summed E-state index contributed by atoms with van der Waals surface area (Å²) < 4.78 is 52.9. The fourth-order valence-corrected chi connectivity index (χ4v) is 5.74. The highest BCUT2D eigenvalue weighted by molar-refractivity contribution is 7.92. The number of fused-ring (bicyclic) bond motifs is 1. The van der Waals surface area contributed by atoms with Gasteiger partial charge in [0.1, 0.15) is 17.3 Å². The van der Waals surface area contributed by atoms with Gasteiger partial charge in [0.15, 0.2) is 12.7 Å². The van der Waals surface area contributed by atoms with Crippen LogP contribution in [0, 0.1) is 12.7 Å². The maximum Gasteiger partial charge on any atom is 0.265 e. The highest BCUT2D eigenvalue weighted by atomic mass is 32.2. The Morgan fingerprint density at radius 3 is 2.44 bits per heavy atom. The topological polar surface area (TPSA) is 114 Å². The van der Waals surface area contributed by atoms with Gasteiger partial charge in [-0.1, -0.05) is 42.5 Å². The smallest absolute Gasteiger partial charge is 0.265 e. The molecule has 1 aliphatic heterocycles. The molecule has 4 aromatic carbocycles. The second-order valence-corrected chi connectivity index (χ2v) is 11.6. The minimum atomic E-state index is -3.94. The van der Waals surface area contributed by atoms with E-state index in [-0.39, 0.29) is 29.6 Å². The SMILES string of the molecule is Cc1cc(S(=O)(=O)Nc2ccc(F)cc2)ccc1OCC(=O)N1C[C@@H](C(=O)NCCc2ccccc2)Oc2ccccc21. The second-order valence-electron chi connectivity index (χ2n) is 9.93. The first kappa shape index (κ1) is 29.6. The Morgan fingerprint density at radius 2 is 1.70 bits per heavy atom. The third-order valence-electron chi connectivity index (χ3n) is 6.83. The lowest BCUT2D eigenvalue weighted by Gasteiger charge is -2.34. The summed E-state index contributed by atoms with van der Waals surface area (Å²) in [4.78, 5) is 27.7. The van der Waals surface area contributed by atoms with Crippen molar-refractivity contribution in [2.45, 2.75) is 24.3 Å². The Labute approximate surface area is 249 Å². The van der Waals surface area contributed by atoms with Crippen molar-refractivity contribution >= 4 is 33.2 Å². The quantitative estimate of drug-likeness (QED) is 0.277. The molecule has 0 bridgehead atoms. The molecule has 0 aliphatic carbocycles. The predicted octanol–water partition coefficient (Wildman–Crippen LogP) is 4.47. The summed E-state index contributed by atoms with van der Waals surface area (Å²) in [5.74, 6) is -0.471. The number of nitrogens with zero attached hydrogens (tertiary/aromatic N) is 1. The van der Waals surface area contributed by atoms with E-state index >= 15 is 0 Å². The first-order chi connectivity index (χ1) is 20.7. The number of benzene rings is 4. The molecule has 0 spiro atoms. The highest BCUT2D eigenvalue weighted by Crippen LogP contribution is 2.33. The van der Waals surface area contributed by atoms with Crippen molar-refractivity contribution < 1.29 is 31.9 Å². The van der Waals surface area contributed by atoms with E-state index < -0.39 is 27.9 Å². The van der Waals surface area contributed by atoms with Crippen molar-refractivity contribution in [3.05, 3.63) is 114 Å². The largest absolute Gasteiger partial charge is 0.483 e. The zero-order valence-corrected chi connectivity index (χ0v) is 24.1. The molecule has 2 N–H and O–H groups in total. The van der Waals surface area contributed by atoms with Gasteiger partial charge in [0.05, 0.1) is 17.1 Å². The highest BCUT2D eigenvalue weighted by Gasteiger charge is 2.34. The summed E-state index contributed by atoms with van der Waals surface area (Å²) >= 11 is 0. The molecule has 0 saturated heterocycles. The van der Waals surface area contributed by atoms with Crippen LogP contribution in [0.2, 0.25) is 0 Å². The summed E-state index contributed by atoms with van der Waals surface area (Å²) in [6.07, 6.45) is -0.247. The second kappa shape index (κ2) is 13.0. The molecular formula is C32H30FN3O6S. The van der Waals surface area contributed by atoms with Crippen molar-refractivity contribution in [3.8, 4) is 11.5 Å². The van der Waals surface area contributed by atoms with Gasteiger partial charge in [-0.3, -0.25) is 14.3 Å². The van der Waals surface area contributed by atoms with E-state index in [0.717, 1.165) is 17.7 Å². The molecule has 0 fully saturated rings. The molecular weight excluding hydrogens is 573 g/mol. The van der Waals surface area contributed by atoms with Crippen LogP contribution in [0.1, 0.15) is 11.1 Å². The number of hydrogen-bond donors (Lipinski definition) is 2. The summed E-state index contributed by atoms with van der Waals surface area (Å²) in [5, 5.41) is 2.89. The molecule has 1 heterocycles. The van der Waals surface area contributed by atoms with Crippen LogP contribution in [0.5, 0.6) is 11.5 Å². The fraction of sp³-hybridized carbons (Fsp3) is 0.188. The Balaban J connectivity index is 1.22. The van der Waals surface area contributed by atoms with Gasteiger partial charge in [-0.2, -0.15) is 0 Å². The van der Waals surface area contributed by atoms with E-state index in [1.807, 2.05) is 30.3 Å². The van der Waals surface area contributed by atoms with Gasteiger partial charge >= 0.3 is 0 Å². The lowest BCUT2D eigenvalue weighted by Crippen LogP contribution is -2.52. The molecule has 222 valence electrons. The van der Waals surface area contributed by atoms with E-state index in [9.17, 15) is 22.4 Å². The van der Waals surface area contributed by atoms with E-state index in [2.05, 4.69) is 10.0 Å².